The highest BCUT2D eigenvalue weighted by atomic mass is 16.5. The highest BCUT2D eigenvalue weighted by Crippen LogP contribution is 2.09. The van der Waals surface area contributed by atoms with Crippen LogP contribution in [0.4, 0.5) is 0 Å². The fraction of sp³-hybridized carbons (Fsp3) is 0.632. The molecule has 10 nitrogen and oxygen atoms in total. The number of unbranched alkanes of at least 4 members (excludes halogenated alkanes) is 1. The van der Waals surface area contributed by atoms with Gasteiger partial charge in [0.1, 0.15) is 5.69 Å². The first kappa shape index (κ1) is 21.0. The minimum atomic E-state index is -0.537. The Kier molecular flexibility index (Phi) is 6.97. The van der Waals surface area contributed by atoms with E-state index in [1.807, 2.05) is 6.92 Å². The summed E-state index contributed by atoms with van der Waals surface area (Å²) >= 11 is 0. The summed E-state index contributed by atoms with van der Waals surface area (Å²) in [4.78, 5) is 54.0. The van der Waals surface area contributed by atoms with Crippen molar-refractivity contribution < 1.29 is 19.1 Å². The maximum Gasteiger partial charge on any atom is 0.312 e. The van der Waals surface area contributed by atoms with Crippen molar-refractivity contribution in [3.8, 4) is 0 Å². The summed E-state index contributed by atoms with van der Waals surface area (Å²) in [6.07, 6.45) is 1.73. The Balaban J connectivity index is 1.57. The van der Waals surface area contributed by atoms with E-state index < -0.39 is 11.8 Å². The van der Waals surface area contributed by atoms with Gasteiger partial charge in [-0.1, -0.05) is 13.3 Å². The predicted molar refractivity (Wildman–Crippen MR) is 103 cm³/mol. The second-order valence-corrected chi connectivity index (χ2v) is 7.12. The number of hydrogen-bond donors (Lipinski definition) is 0. The smallest absolute Gasteiger partial charge is 0.312 e. The second kappa shape index (κ2) is 9.64. The van der Waals surface area contributed by atoms with Crippen molar-refractivity contribution in [1.82, 2.24) is 24.5 Å². The van der Waals surface area contributed by atoms with Crippen molar-refractivity contribution in [2.45, 2.75) is 26.3 Å². The number of ether oxygens (including phenoxy) is 1. The molecule has 2 saturated heterocycles. The van der Waals surface area contributed by atoms with Gasteiger partial charge in [-0.2, -0.15) is 5.10 Å². The molecule has 0 saturated carbocycles. The molecule has 0 spiro atoms. The lowest BCUT2D eigenvalue weighted by Gasteiger charge is -2.35. The van der Waals surface area contributed by atoms with Crippen molar-refractivity contribution in [2.24, 2.45) is 0 Å². The number of amides is 3. The molecule has 0 aromatic carbocycles. The Bertz CT molecular complexity index is 809. The van der Waals surface area contributed by atoms with Crippen molar-refractivity contribution >= 4 is 17.7 Å². The first-order valence-corrected chi connectivity index (χ1v) is 10.0. The molecule has 1 aromatic heterocycles. The molecule has 29 heavy (non-hydrogen) atoms. The number of piperazine rings is 1. The summed E-state index contributed by atoms with van der Waals surface area (Å²) in [5.41, 5.74) is -0.0167. The molecule has 3 heterocycles. The highest BCUT2D eigenvalue weighted by Gasteiger charge is 2.32. The van der Waals surface area contributed by atoms with Crippen molar-refractivity contribution in [2.75, 3.05) is 52.5 Å². The number of nitrogens with zero attached hydrogens (tertiary/aromatic N) is 5. The predicted octanol–water partition coefficient (Wildman–Crippen LogP) is -0.813. The van der Waals surface area contributed by atoms with Crippen LogP contribution in [0.2, 0.25) is 0 Å². The van der Waals surface area contributed by atoms with Crippen molar-refractivity contribution in [3.63, 3.8) is 0 Å². The molecule has 3 amide bonds. The van der Waals surface area contributed by atoms with E-state index in [9.17, 15) is 19.2 Å². The molecule has 2 aliphatic rings. The van der Waals surface area contributed by atoms with Crippen molar-refractivity contribution in [1.29, 1.82) is 0 Å². The summed E-state index contributed by atoms with van der Waals surface area (Å²) in [5.74, 6) is -1.33. The third-order valence-corrected chi connectivity index (χ3v) is 5.14. The van der Waals surface area contributed by atoms with E-state index in [2.05, 4.69) is 5.10 Å². The average Bonchev–Trinajstić information content (AvgIpc) is 2.77. The first-order valence-electron chi connectivity index (χ1n) is 10.0. The molecule has 158 valence electrons. The number of carbonyl (C=O) groups excluding carboxylic acids is 3. The number of aryl methyl sites for hydroxylation is 1. The Morgan fingerprint density at radius 3 is 2.14 bits per heavy atom. The van der Waals surface area contributed by atoms with Crippen LogP contribution in [0.5, 0.6) is 0 Å². The number of carbonyl (C=O) groups is 3. The third kappa shape index (κ3) is 5.00. The molecule has 2 aliphatic heterocycles. The molecule has 0 unspecified atom stereocenters. The third-order valence-electron chi connectivity index (χ3n) is 5.14. The van der Waals surface area contributed by atoms with Crippen LogP contribution in [-0.4, -0.2) is 94.7 Å². The maximum absolute atomic E-state index is 12.8. The minimum absolute atomic E-state index is 0.213. The lowest BCUT2D eigenvalue weighted by atomic mass is 10.2. The van der Waals surface area contributed by atoms with Gasteiger partial charge in [0, 0.05) is 51.9 Å². The topological polar surface area (TPSA) is 105 Å². The fourth-order valence-corrected chi connectivity index (χ4v) is 3.34. The van der Waals surface area contributed by atoms with Crippen LogP contribution in [0.1, 0.15) is 30.3 Å². The summed E-state index contributed by atoms with van der Waals surface area (Å²) in [5, 5.41) is 4.19. The molecule has 2 fully saturated rings. The van der Waals surface area contributed by atoms with Gasteiger partial charge in [-0.25, -0.2) is 4.68 Å². The van der Waals surface area contributed by atoms with E-state index in [4.69, 9.17) is 4.74 Å². The van der Waals surface area contributed by atoms with Crippen LogP contribution in [0.3, 0.4) is 0 Å². The van der Waals surface area contributed by atoms with Gasteiger partial charge in [-0.3, -0.25) is 19.2 Å². The quantitative estimate of drug-likeness (QED) is 0.607. The molecule has 1 aromatic rings. The standard InChI is InChI=1S/C19H27N5O5/c1-2-3-6-24-16(25)5-4-15(20-24)17(26)21-7-9-22(10-8-21)18(27)19(28)23-11-13-29-14-12-23/h4-5H,2-3,6-14H2,1H3. The van der Waals surface area contributed by atoms with E-state index in [0.29, 0.717) is 45.9 Å². The van der Waals surface area contributed by atoms with Gasteiger partial charge < -0.3 is 19.4 Å². The van der Waals surface area contributed by atoms with E-state index in [-0.39, 0.29) is 30.2 Å². The first-order chi connectivity index (χ1) is 14.0. The van der Waals surface area contributed by atoms with Gasteiger partial charge in [0.2, 0.25) is 0 Å². The minimum Gasteiger partial charge on any atom is -0.378 e. The lowest BCUT2D eigenvalue weighted by Crippen LogP contribution is -2.55. The van der Waals surface area contributed by atoms with E-state index in [1.165, 1.54) is 26.6 Å². The van der Waals surface area contributed by atoms with Gasteiger partial charge in [-0.05, 0) is 12.5 Å². The van der Waals surface area contributed by atoms with Gasteiger partial charge in [0.15, 0.2) is 0 Å². The van der Waals surface area contributed by atoms with Gasteiger partial charge >= 0.3 is 11.8 Å². The highest BCUT2D eigenvalue weighted by molar-refractivity contribution is 6.34. The summed E-state index contributed by atoms with van der Waals surface area (Å²) in [7, 11) is 0. The molecular weight excluding hydrogens is 378 g/mol. The normalized spacial score (nSPS) is 17.3. The van der Waals surface area contributed by atoms with E-state index in [0.717, 1.165) is 12.8 Å². The number of rotatable bonds is 4. The van der Waals surface area contributed by atoms with Crippen LogP contribution < -0.4 is 5.56 Å². The van der Waals surface area contributed by atoms with Crippen LogP contribution in [0, 0.1) is 0 Å². The average molecular weight is 405 g/mol. The Labute approximate surface area is 169 Å². The molecule has 10 heteroatoms. The summed E-state index contributed by atoms with van der Waals surface area (Å²) in [6.45, 7) is 5.42. The maximum atomic E-state index is 12.8. The van der Waals surface area contributed by atoms with E-state index in [1.54, 1.807) is 4.90 Å². The number of hydrogen-bond acceptors (Lipinski definition) is 6. The van der Waals surface area contributed by atoms with Crippen LogP contribution in [-0.2, 0) is 20.9 Å². The van der Waals surface area contributed by atoms with Crippen LogP contribution in [0.15, 0.2) is 16.9 Å². The Hall–Kier alpha value is -2.75. The Morgan fingerprint density at radius 1 is 0.931 bits per heavy atom. The van der Waals surface area contributed by atoms with Crippen LogP contribution in [0.25, 0.3) is 0 Å². The molecule has 0 aliphatic carbocycles. The van der Waals surface area contributed by atoms with E-state index >= 15 is 0 Å². The largest absolute Gasteiger partial charge is 0.378 e. The molecule has 0 radical (unpaired) electrons. The molecule has 0 atom stereocenters. The molecular formula is C19H27N5O5. The zero-order valence-electron chi connectivity index (χ0n) is 16.7. The van der Waals surface area contributed by atoms with Crippen LogP contribution >= 0.6 is 0 Å². The summed E-state index contributed by atoms with van der Waals surface area (Å²) in [6, 6.07) is 2.79. The van der Waals surface area contributed by atoms with Gasteiger partial charge in [0.25, 0.3) is 11.5 Å². The second-order valence-electron chi connectivity index (χ2n) is 7.12. The van der Waals surface area contributed by atoms with Gasteiger partial charge in [-0.15, -0.1) is 0 Å². The molecule has 0 bridgehead atoms. The number of aromatic nitrogens is 2. The lowest BCUT2D eigenvalue weighted by molar-refractivity contribution is -0.154. The fourth-order valence-electron chi connectivity index (χ4n) is 3.34. The zero-order valence-corrected chi connectivity index (χ0v) is 16.7. The van der Waals surface area contributed by atoms with Crippen molar-refractivity contribution in [3.05, 3.63) is 28.2 Å². The summed E-state index contributed by atoms with van der Waals surface area (Å²) < 4.78 is 6.52. The van der Waals surface area contributed by atoms with Gasteiger partial charge in [0.05, 0.1) is 13.2 Å². The SMILES string of the molecule is CCCCn1nc(C(=O)N2CCN(C(=O)C(=O)N3CCOCC3)CC2)ccc1=O. The molecule has 3 rings (SSSR count). The Morgan fingerprint density at radius 2 is 1.52 bits per heavy atom. The molecule has 0 N–H and O–H groups in total. The monoisotopic (exact) mass is 405 g/mol. The number of morpholine rings is 1. The zero-order chi connectivity index (χ0) is 20.8.